The summed E-state index contributed by atoms with van der Waals surface area (Å²) in [7, 11) is 0. The zero-order chi connectivity index (χ0) is 16.4. The Balaban J connectivity index is 1.62. The molecule has 1 atom stereocenters. The third-order valence-corrected chi connectivity index (χ3v) is 4.90. The van der Waals surface area contributed by atoms with E-state index in [4.69, 9.17) is 0 Å². The lowest BCUT2D eigenvalue weighted by atomic mass is 10.1. The highest BCUT2D eigenvalue weighted by atomic mass is 32.1. The number of imidazole rings is 1. The Kier molecular flexibility index (Phi) is 4.77. The smallest absolute Gasteiger partial charge is 0.273 e. The molecule has 0 aliphatic carbocycles. The fourth-order valence-corrected chi connectivity index (χ4v) is 3.62. The summed E-state index contributed by atoms with van der Waals surface area (Å²) in [6, 6.07) is 0.603. The molecule has 3 heterocycles. The number of hydrogen-bond acceptors (Lipinski definition) is 5. The van der Waals surface area contributed by atoms with E-state index in [0.717, 1.165) is 26.2 Å². The van der Waals surface area contributed by atoms with Crippen molar-refractivity contribution in [2.24, 2.45) is 0 Å². The molecule has 0 spiro atoms. The van der Waals surface area contributed by atoms with Crippen molar-refractivity contribution >= 4 is 17.2 Å². The van der Waals surface area contributed by atoms with Crippen LogP contribution in [0.15, 0.2) is 23.4 Å². The van der Waals surface area contributed by atoms with Crippen molar-refractivity contribution in [1.29, 1.82) is 0 Å². The van der Waals surface area contributed by atoms with Gasteiger partial charge in [-0.2, -0.15) is 0 Å². The van der Waals surface area contributed by atoms with Crippen LogP contribution in [0.3, 0.4) is 0 Å². The number of nitrogens with zero attached hydrogens (tertiary/aromatic N) is 5. The topological polar surface area (TPSA) is 54.3 Å². The lowest BCUT2D eigenvalue weighted by Crippen LogP contribution is -2.53. The third kappa shape index (κ3) is 3.45. The summed E-state index contributed by atoms with van der Waals surface area (Å²) in [4.78, 5) is 25.2. The van der Waals surface area contributed by atoms with Crippen LogP contribution in [-0.4, -0.2) is 55.9 Å². The van der Waals surface area contributed by atoms with Crippen LogP contribution in [0.1, 0.15) is 43.0 Å². The number of aromatic nitrogens is 3. The summed E-state index contributed by atoms with van der Waals surface area (Å²) in [6.45, 7) is 9.81. The maximum absolute atomic E-state index is 12.5. The number of piperazine rings is 1. The summed E-state index contributed by atoms with van der Waals surface area (Å²) >= 11 is 1.46. The van der Waals surface area contributed by atoms with Gasteiger partial charge in [-0.1, -0.05) is 0 Å². The Morgan fingerprint density at radius 2 is 2.26 bits per heavy atom. The quantitative estimate of drug-likeness (QED) is 0.861. The molecule has 0 aromatic carbocycles. The van der Waals surface area contributed by atoms with Gasteiger partial charge >= 0.3 is 0 Å². The number of thiazole rings is 1. The SMILES string of the molecule is CC(C)n1cncc1CN1CCN(C(=O)c2cscn2)[C@@H](C)C1. The van der Waals surface area contributed by atoms with Gasteiger partial charge < -0.3 is 9.47 Å². The van der Waals surface area contributed by atoms with Crippen LogP contribution in [0.5, 0.6) is 0 Å². The Morgan fingerprint density at radius 1 is 1.43 bits per heavy atom. The summed E-state index contributed by atoms with van der Waals surface area (Å²) in [6.07, 6.45) is 3.84. The lowest BCUT2D eigenvalue weighted by molar-refractivity contribution is 0.0466. The molecular formula is C16H23N5OS. The lowest BCUT2D eigenvalue weighted by Gasteiger charge is -2.39. The Morgan fingerprint density at radius 3 is 2.91 bits per heavy atom. The average Bonchev–Trinajstić information content (AvgIpc) is 3.18. The molecule has 1 saturated heterocycles. The number of carbonyl (C=O) groups excluding carboxylic acids is 1. The first-order valence-electron chi connectivity index (χ1n) is 7.98. The van der Waals surface area contributed by atoms with E-state index >= 15 is 0 Å². The molecule has 0 N–H and O–H groups in total. The van der Waals surface area contributed by atoms with Gasteiger partial charge in [-0.15, -0.1) is 11.3 Å². The predicted molar refractivity (Wildman–Crippen MR) is 90.5 cm³/mol. The van der Waals surface area contributed by atoms with Gasteiger partial charge in [0, 0.05) is 49.8 Å². The highest BCUT2D eigenvalue weighted by molar-refractivity contribution is 7.07. The average molecular weight is 333 g/mol. The summed E-state index contributed by atoms with van der Waals surface area (Å²) in [5.41, 5.74) is 3.50. The first-order chi connectivity index (χ1) is 11.1. The largest absolute Gasteiger partial charge is 0.332 e. The minimum Gasteiger partial charge on any atom is -0.332 e. The summed E-state index contributed by atoms with van der Waals surface area (Å²) in [5, 5.41) is 1.82. The number of rotatable bonds is 4. The van der Waals surface area contributed by atoms with Crippen LogP contribution >= 0.6 is 11.3 Å². The fourth-order valence-electron chi connectivity index (χ4n) is 3.09. The van der Waals surface area contributed by atoms with Crippen LogP contribution in [0.4, 0.5) is 0 Å². The first-order valence-corrected chi connectivity index (χ1v) is 8.92. The normalized spacial score (nSPS) is 19.5. The van der Waals surface area contributed by atoms with Crippen molar-refractivity contribution in [2.75, 3.05) is 19.6 Å². The van der Waals surface area contributed by atoms with Gasteiger partial charge in [-0.3, -0.25) is 9.69 Å². The van der Waals surface area contributed by atoms with Crippen molar-refractivity contribution in [3.63, 3.8) is 0 Å². The van der Waals surface area contributed by atoms with Crippen molar-refractivity contribution < 1.29 is 4.79 Å². The van der Waals surface area contributed by atoms with E-state index in [-0.39, 0.29) is 11.9 Å². The van der Waals surface area contributed by atoms with Crippen LogP contribution in [-0.2, 0) is 6.54 Å². The molecule has 1 aliphatic heterocycles. The van der Waals surface area contributed by atoms with Gasteiger partial charge in [0.2, 0.25) is 0 Å². The molecule has 2 aromatic heterocycles. The molecule has 6 nitrogen and oxygen atoms in total. The third-order valence-electron chi connectivity index (χ3n) is 4.31. The molecule has 0 saturated carbocycles. The Bertz CT molecular complexity index is 651. The van der Waals surface area contributed by atoms with Crippen molar-refractivity contribution in [2.45, 2.75) is 39.4 Å². The Hall–Kier alpha value is -1.73. The molecule has 2 aromatic rings. The second-order valence-corrected chi connectivity index (χ2v) is 7.06. The molecule has 3 rings (SSSR count). The van der Waals surface area contributed by atoms with Gasteiger partial charge in [0.25, 0.3) is 5.91 Å². The van der Waals surface area contributed by atoms with Crippen LogP contribution in [0, 0.1) is 0 Å². The molecule has 0 unspecified atom stereocenters. The minimum absolute atomic E-state index is 0.0469. The van der Waals surface area contributed by atoms with E-state index in [2.05, 4.69) is 40.2 Å². The van der Waals surface area contributed by atoms with Gasteiger partial charge in [0.15, 0.2) is 0 Å². The molecular weight excluding hydrogens is 310 g/mol. The van der Waals surface area contributed by atoms with E-state index < -0.39 is 0 Å². The molecule has 1 fully saturated rings. The second kappa shape index (κ2) is 6.80. The number of carbonyl (C=O) groups is 1. The summed E-state index contributed by atoms with van der Waals surface area (Å²) in [5.74, 6) is 0.0469. The van der Waals surface area contributed by atoms with Crippen molar-refractivity contribution in [3.8, 4) is 0 Å². The fraction of sp³-hybridized carbons (Fsp3) is 0.562. The monoisotopic (exact) mass is 333 g/mol. The highest BCUT2D eigenvalue weighted by Crippen LogP contribution is 2.17. The van der Waals surface area contributed by atoms with Crippen molar-refractivity contribution in [3.05, 3.63) is 34.8 Å². The van der Waals surface area contributed by atoms with Crippen LogP contribution in [0.2, 0.25) is 0 Å². The number of amides is 1. The molecule has 1 aliphatic rings. The van der Waals surface area contributed by atoms with E-state index in [0.29, 0.717) is 11.7 Å². The Labute approximate surface area is 140 Å². The molecule has 0 radical (unpaired) electrons. The predicted octanol–water partition coefficient (Wildman–Crippen LogP) is 2.27. The molecule has 124 valence electrons. The molecule has 7 heteroatoms. The second-order valence-electron chi connectivity index (χ2n) is 6.34. The number of hydrogen-bond donors (Lipinski definition) is 0. The first kappa shape index (κ1) is 16.1. The van der Waals surface area contributed by atoms with Gasteiger partial charge in [-0.25, -0.2) is 9.97 Å². The van der Waals surface area contributed by atoms with E-state index in [1.54, 1.807) is 5.51 Å². The molecule has 0 bridgehead atoms. The maximum Gasteiger partial charge on any atom is 0.273 e. The van der Waals surface area contributed by atoms with Gasteiger partial charge in [0.1, 0.15) is 5.69 Å². The van der Waals surface area contributed by atoms with Crippen LogP contribution in [0.25, 0.3) is 0 Å². The van der Waals surface area contributed by atoms with Crippen LogP contribution < -0.4 is 0 Å². The zero-order valence-corrected chi connectivity index (χ0v) is 14.7. The summed E-state index contributed by atoms with van der Waals surface area (Å²) < 4.78 is 2.21. The van der Waals surface area contributed by atoms with Gasteiger partial charge in [0.05, 0.1) is 17.5 Å². The zero-order valence-electron chi connectivity index (χ0n) is 13.8. The molecule has 23 heavy (non-hydrogen) atoms. The molecule has 1 amide bonds. The van der Waals surface area contributed by atoms with Crippen molar-refractivity contribution in [1.82, 2.24) is 24.3 Å². The van der Waals surface area contributed by atoms with E-state index in [1.807, 2.05) is 22.8 Å². The minimum atomic E-state index is 0.0469. The van der Waals surface area contributed by atoms with E-state index in [1.165, 1.54) is 17.0 Å². The van der Waals surface area contributed by atoms with E-state index in [9.17, 15) is 4.79 Å². The maximum atomic E-state index is 12.5. The standard InChI is InChI=1S/C16H23N5OS/c1-12(2)21-10-17-6-14(21)8-19-4-5-20(13(3)7-19)16(22)15-9-23-11-18-15/h6,9-13H,4-5,7-8H2,1-3H3/t13-/m0/s1. The highest BCUT2D eigenvalue weighted by Gasteiger charge is 2.29. The van der Waals surface area contributed by atoms with Gasteiger partial charge in [-0.05, 0) is 20.8 Å².